The summed E-state index contributed by atoms with van der Waals surface area (Å²) >= 11 is 0. The van der Waals surface area contributed by atoms with Crippen molar-refractivity contribution in [2.24, 2.45) is 5.41 Å². The van der Waals surface area contributed by atoms with Crippen LogP contribution >= 0.6 is 0 Å². The highest BCUT2D eigenvalue weighted by Crippen LogP contribution is 2.34. The number of ether oxygens (including phenoxy) is 3. The molecule has 8 heteroatoms. The van der Waals surface area contributed by atoms with E-state index in [-0.39, 0.29) is 18.6 Å². The van der Waals surface area contributed by atoms with E-state index in [1.54, 1.807) is 40.8 Å². The molecule has 0 aliphatic rings. The van der Waals surface area contributed by atoms with Gasteiger partial charge in [0.15, 0.2) is 17.0 Å². The number of methoxy groups -OCH3 is 1. The first-order valence-electron chi connectivity index (χ1n) is 9.35. The number of Topliss-reactive ketones (excluding diaryl/α,β-unsaturated/α-hetero) is 2. The molecule has 0 aliphatic carbocycles. The van der Waals surface area contributed by atoms with Gasteiger partial charge >= 0.3 is 11.9 Å². The maximum absolute atomic E-state index is 13.5. The smallest absolute Gasteiger partial charge is 0.328 e. The molecule has 0 radical (unpaired) electrons. The molecule has 1 atom stereocenters. The molecular formula is C21H29NO7. The summed E-state index contributed by atoms with van der Waals surface area (Å²) < 4.78 is 15.2. The molecular weight excluding hydrogens is 378 g/mol. The summed E-state index contributed by atoms with van der Waals surface area (Å²) in [6.07, 6.45) is 2.11. The lowest BCUT2D eigenvalue weighted by atomic mass is 9.73. The largest absolute Gasteiger partial charge is 0.466 e. The zero-order valence-corrected chi connectivity index (χ0v) is 17.9. The molecule has 0 saturated heterocycles. The minimum absolute atomic E-state index is 0.0733. The maximum Gasteiger partial charge on any atom is 0.328 e. The monoisotopic (exact) mass is 407 g/mol. The fourth-order valence-corrected chi connectivity index (χ4v) is 2.76. The summed E-state index contributed by atoms with van der Waals surface area (Å²) in [4.78, 5) is 55.6. The van der Waals surface area contributed by atoms with Crippen LogP contribution < -0.4 is 0 Å². The number of rotatable bonds is 10. The van der Waals surface area contributed by atoms with Gasteiger partial charge in [0.05, 0.1) is 6.61 Å². The molecule has 0 amide bonds. The summed E-state index contributed by atoms with van der Waals surface area (Å²) in [6, 6.07) is 1.53. The van der Waals surface area contributed by atoms with Crippen molar-refractivity contribution in [2.75, 3.05) is 20.3 Å². The van der Waals surface area contributed by atoms with E-state index in [0.717, 1.165) is 0 Å². The van der Waals surface area contributed by atoms with Crippen LogP contribution in [0.25, 0.3) is 0 Å². The third-order valence-corrected chi connectivity index (χ3v) is 4.03. The number of esters is 2. The summed E-state index contributed by atoms with van der Waals surface area (Å²) in [5, 5.41) is 0. The molecule has 8 nitrogen and oxygen atoms in total. The number of hydrogen-bond acceptors (Lipinski definition) is 8. The Labute approximate surface area is 170 Å². The van der Waals surface area contributed by atoms with E-state index in [0.29, 0.717) is 5.56 Å². The van der Waals surface area contributed by atoms with Gasteiger partial charge in [-0.25, -0.2) is 0 Å². The van der Waals surface area contributed by atoms with Crippen molar-refractivity contribution in [3.8, 4) is 0 Å². The molecule has 0 N–H and O–H groups in total. The van der Waals surface area contributed by atoms with E-state index in [2.05, 4.69) is 4.98 Å². The van der Waals surface area contributed by atoms with Gasteiger partial charge in [-0.05, 0) is 52.7 Å². The molecule has 0 aromatic carbocycles. The fraction of sp³-hybridized carbons (Fsp3) is 0.571. The third kappa shape index (κ3) is 6.45. The molecule has 1 unspecified atom stereocenters. The van der Waals surface area contributed by atoms with Crippen LogP contribution in [0.15, 0.2) is 18.5 Å². The predicted octanol–water partition coefficient (Wildman–Crippen LogP) is 2.46. The number of carbonyl (C=O) groups excluding carboxylic acids is 4. The molecule has 0 saturated carbocycles. The zero-order valence-electron chi connectivity index (χ0n) is 17.9. The van der Waals surface area contributed by atoms with E-state index in [4.69, 9.17) is 14.2 Å². The Morgan fingerprint density at radius 2 is 1.76 bits per heavy atom. The van der Waals surface area contributed by atoms with E-state index >= 15 is 0 Å². The van der Waals surface area contributed by atoms with Gasteiger partial charge in [-0.15, -0.1) is 0 Å². The van der Waals surface area contributed by atoms with E-state index in [1.807, 2.05) is 0 Å². The van der Waals surface area contributed by atoms with Gasteiger partial charge in [-0.1, -0.05) is 0 Å². The van der Waals surface area contributed by atoms with Crippen molar-refractivity contribution in [3.05, 3.63) is 29.6 Å². The van der Waals surface area contributed by atoms with Gasteiger partial charge in [0.2, 0.25) is 0 Å². The van der Waals surface area contributed by atoms with Gasteiger partial charge in [-0.3, -0.25) is 24.2 Å². The molecule has 0 spiro atoms. The first kappa shape index (κ1) is 24.4. The van der Waals surface area contributed by atoms with Crippen LogP contribution in [0.2, 0.25) is 0 Å². The second-order valence-electron chi connectivity index (χ2n) is 7.65. The molecule has 0 aliphatic heterocycles. The molecule has 1 aromatic rings. The number of aromatic nitrogens is 1. The normalized spacial score (nSPS) is 13.3. The first-order valence-corrected chi connectivity index (χ1v) is 9.35. The van der Waals surface area contributed by atoms with Gasteiger partial charge < -0.3 is 14.2 Å². The van der Waals surface area contributed by atoms with Crippen LogP contribution in [0.5, 0.6) is 0 Å². The fourth-order valence-electron chi connectivity index (χ4n) is 2.76. The summed E-state index contributed by atoms with van der Waals surface area (Å²) in [7, 11) is 1.28. The lowest BCUT2D eigenvalue weighted by molar-refractivity contribution is -0.168. The van der Waals surface area contributed by atoms with Crippen LogP contribution in [-0.4, -0.2) is 54.4 Å². The zero-order chi connectivity index (χ0) is 22.2. The first-order chi connectivity index (χ1) is 13.5. The molecule has 29 heavy (non-hydrogen) atoms. The van der Waals surface area contributed by atoms with Crippen LogP contribution in [0, 0.1) is 12.3 Å². The van der Waals surface area contributed by atoms with Crippen molar-refractivity contribution < 1.29 is 33.4 Å². The number of ketones is 2. The Hall–Kier alpha value is -2.61. The van der Waals surface area contributed by atoms with Crippen molar-refractivity contribution in [3.63, 3.8) is 0 Å². The van der Waals surface area contributed by atoms with E-state index in [1.165, 1.54) is 19.4 Å². The number of hydrogen-bond donors (Lipinski definition) is 0. The molecule has 1 heterocycles. The Morgan fingerprint density at radius 3 is 2.28 bits per heavy atom. The summed E-state index contributed by atoms with van der Waals surface area (Å²) in [6.45, 7) is 7.89. The average Bonchev–Trinajstić information content (AvgIpc) is 2.61. The quantitative estimate of drug-likeness (QED) is 0.331. The summed E-state index contributed by atoms with van der Waals surface area (Å²) in [5.41, 5.74) is -2.45. The van der Waals surface area contributed by atoms with Crippen LogP contribution in [0.4, 0.5) is 0 Å². The van der Waals surface area contributed by atoms with Crippen molar-refractivity contribution in [2.45, 2.75) is 53.1 Å². The number of pyridine rings is 1. The van der Waals surface area contributed by atoms with Gasteiger partial charge in [0.25, 0.3) is 0 Å². The Kier molecular flexibility index (Phi) is 8.63. The predicted molar refractivity (Wildman–Crippen MR) is 104 cm³/mol. The van der Waals surface area contributed by atoms with Crippen LogP contribution in [-0.2, 0) is 28.6 Å². The molecule has 0 bridgehead atoms. The number of carbonyl (C=O) groups is 4. The minimum atomic E-state index is -2.24. The minimum Gasteiger partial charge on any atom is -0.466 e. The summed E-state index contributed by atoms with van der Waals surface area (Å²) in [5.74, 6) is -3.22. The lowest BCUT2D eigenvalue weighted by Crippen LogP contribution is -2.51. The Bertz CT molecular complexity index is 767. The lowest BCUT2D eigenvalue weighted by Gasteiger charge is -2.32. The second-order valence-corrected chi connectivity index (χ2v) is 7.65. The topological polar surface area (TPSA) is 109 Å². The molecule has 0 fully saturated rings. The van der Waals surface area contributed by atoms with Crippen molar-refractivity contribution in [1.29, 1.82) is 0 Å². The second kappa shape index (κ2) is 10.2. The number of aryl methyl sites for hydroxylation is 1. The molecule has 1 rings (SSSR count). The van der Waals surface area contributed by atoms with Gasteiger partial charge in [0, 0.05) is 31.5 Å². The van der Waals surface area contributed by atoms with E-state index in [9.17, 15) is 19.2 Å². The average molecular weight is 407 g/mol. The standard InChI is InChI=1S/C21H29NO7/c1-7-28-17(24)8-9-21(16(23)13-27-6,19(26)29-20(3,4)5)18(25)15-10-14(2)11-22-12-15/h10-12H,7-9,13H2,1-6H3. The molecule has 160 valence electrons. The van der Waals surface area contributed by atoms with Gasteiger partial charge in [-0.2, -0.15) is 0 Å². The van der Waals surface area contributed by atoms with Crippen molar-refractivity contribution >= 4 is 23.5 Å². The van der Waals surface area contributed by atoms with Gasteiger partial charge in [0.1, 0.15) is 12.2 Å². The maximum atomic E-state index is 13.5. The highest BCUT2D eigenvalue weighted by atomic mass is 16.6. The third-order valence-electron chi connectivity index (χ3n) is 4.03. The Balaban J connectivity index is 3.53. The molecule has 1 aromatic heterocycles. The number of nitrogens with zero attached hydrogens (tertiary/aromatic N) is 1. The highest BCUT2D eigenvalue weighted by Gasteiger charge is 2.54. The SMILES string of the molecule is CCOC(=O)CCC(C(=O)COC)(C(=O)OC(C)(C)C)C(=O)c1cncc(C)c1. The Morgan fingerprint density at radius 1 is 1.10 bits per heavy atom. The van der Waals surface area contributed by atoms with Crippen molar-refractivity contribution in [1.82, 2.24) is 4.98 Å². The van der Waals surface area contributed by atoms with Crippen LogP contribution in [0.3, 0.4) is 0 Å². The van der Waals surface area contributed by atoms with Crippen LogP contribution in [0.1, 0.15) is 56.5 Å². The van der Waals surface area contributed by atoms with E-state index < -0.39 is 47.5 Å². The highest BCUT2D eigenvalue weighted by molar-refractivity contribution is 6.27.